The van der Waals surface area contributed by atoms with E-state index >= 15 is 0 Å². The lowest BCUT2D eigenvalue weighted by molar-refractivity contribution is 0.462. The molecule has 2 aromatic heterocycles. The van der Waals surface area contributed by atoms with Crippen LogP contribution in [-0.4, -0.2) is 20.2 Å². The summed E-state index contributed by atoms with van der Waals surface area (Å²) >= 11 is 1.73. The first-order valence-electron chi connectivity index (χ1n) is 5.37. The van der Waals surface area contributed by atoms with E-state index in [0.29, 0.717) is 6.54 Å². The molecule has 1 unspecified atom stereocenters. The van der Waals surface area contributed by atoms with Gasteiger partial charge in [0.25, 0.3) is 0 Å². The third-order valence-electron chi connectivity index (χ3n) is 2.47. The fourth-order valence-corrected chi connectivity index (χ4v) is 2.57. The Bertz CT molecular complexity index is 422. The summed E-state index contributed by atoms with van der Waals surface area (Å²) in [5, 5.41) is 13.7. The minimum atomic E-state index is 0.221. The van der Waals surface area contributed by atoms with Crippen molar-refractivity contribution in [2.24, 2.45) is 5.73 Å². The van der Waals surface area contributed by atoms with Gasteiger partial charge in [-0.25, -0.2) is 4.68 Å². The second-order valence-electron chi connectivity index (χ2n) is 3.56. The molecule has 1 atom stereocenters. The summed E-state index contributed by atoms with van der Waals surface area (Å²) in [7, 11) is 0. The molecule has 2 aromatic rings. The Hall–Kier alpha value is -1.27. The van der Waals surface area contributed by atoms with Gasteiger partial charge in [-0.15, -0.1) is 16.4 Å². The zero-order valence-corrected chi connectivity index (χ0v) is 10.0. The maximum atomic E-state index is 5.62. The SMILES string of the molecule is CCCC(c1cccs1)n1nnnc1CN. The maximum Gasteiger partial charge on any atom is 0.165 e. The Morgan fingerprint density at radius 3 is 3.06 bits per heavy atom. The van der Waals surface area contributed by atoms with E-state index < -0.39 is 0 Å². The van der Waals surface area contributed by atoms with Crippen molar-refractivity contribution in [3.05, 3.63) is 28.2 Å². The predicted molar refractivity (Wildman–Crippen MR) is 63.1 cm³/mol. The van der Waals surface area contributed by atoms with Crippen LogP contribution in [-0.2, 0) is 6.54 Å². The van der Waals surface area contributed by atoms with E-state index in [1.54, 1.807) is 11.3 Å². The summed E-state index contributed by atoms with van der Waals surface area (Å²) in [5.74, 6) is 0.742. The highest BCUT2D eigenvalue weighted by atomic mass is 32.1. The van der Waals surface area contributed by atoms with Crippen molar-refractivity contribution >= 4 is 11.3 Å². The molecule has 2 rings (SSSR count). The Kier molecular flexibility index (Phi) is 3.63. The quantitative estimate of drug-likeness (QED) is 0.857. The van der Waals surface area contributed by atoms with Crippen LogP contribution in [0.5, 0.6) is 0 Å². The van der Waals surface area contributed by atoms with Crippen molar-refractivity contribution in [2.75, 3.05) is 0 Å². The molecule has 0 fully saturated rings. The molecule has 0 aliphatic heterocycles. The average Bonchev–Trinajstić information content (AvgIpc) is 2.96. The van der Waals surface area contributed by atoms with Crippen LogP contribution in [0.3, 0.4) is 0 Å². The van der Waals surface area contributed by atoms with Crippen molar-refractivity contribution in [1.29, 1.82) is 0 Å². The first kappa shape index (κ1) is 11.2. The van der Waals surface area contributed by atoms with Gasteiger partial charge in [-0.05, 0) is 28.3 Å². The number of rotatable bonds is 5. The summed E-state index contributed by atoms with van der Waals surface area (Å²) < 4.78 is 1.84. The van der Waals surface area contributed by atoms with Gasteiger partial charge in [0.05, 0.1) is 12.6 Å². The second-order valence-corrected chi connectivity index (χ2v) is 4.54. The second kappa shape index (κ2) is 5.18. The molecule has 6 heteroatoms. The van der Waals surface area contributed by atoms with Gasteiger partial charge in [-0.1, -0.05) is 19.4 Å². The Balaban J connectivity index is 2.33. The van der Waals surface area contributed by atoms with Crippen LogP contribution in [0, 0.1) is 0 Å². The Morgan fingerprint density at radius 2 is 2.44 bits per heavy atom. The van der Waals surface area contributed by atoms with Crippen LogP contribution in [0.15, 0.2) is 17.5 Å². The molecule has 86 valence electrons. The molecule has 0 saturated carbocycles. The van der Waals surface area contributed by atoms with Crippen molar-refractivity contribution < 1.29 is 0 Å². The van der Waals surface area contributed by atoms with Crippen molar-refractivity contribution in [1.82, 2.24) is 20.2 Å². The summed E-state index contributed by atoms with van der Waals surface area (Å²) in [5.41, 5.74) is 5.62. The predicted octanol–water partition coefficient (Wildman–Crippen LogP) is 1.58. The number of thiophene rings is 1. The molecule has 0 bridgehead atoms. The van der Waals surface area contributed by atoms with Gasteiger partial charge in [0, 0.05) is 4.88 Å². The highest BCUT2D eigenvalue weighted by Crippen LogP contribution is 2.27. The van der Waals surface area contributed by atoms with Gasteiger partial charge in [0.2, 0.25) is 0 Å². The fourth-order valence-electron chi connectivity index (χ4n) is 1.73. The minimum Gasteiger partial charge on any atom is -0.324 e. The molecule has 0 radical (unpaired) electrons. The number of aromatic nitrogens is 4. The molecule has 0 aromatic carbocycles. The van der Waals surface area contributed by atoms with E-state index in [4.69, 9.17) is 5.73 Å². The lowest BCUT2D eigenvalue weighted by Gasteiger charge is -2.15. The first-order valence-corrected chi connectivity index (χ1v) is 6.25. The van der Waals surface area contributed by atoms with Crippen LogP contribution >= 0.6 is 11.3 Å². The van der Waals surface area contributed by atoms with Gasteiger partial charge < -0.3 is 5.73 Å². The van der Waals surface area contributed by atoms with Gasteiger partial charge in [0.15, 0.2) is 5.82 Å². The Labute approximate surface area is 98.3 Å². The van der Waals surface area contributed by atoms with E-state index in [0.717, 1.165) is 18.7 Å². The fraction of sp³-hybridized carbons (Fsp3) is 0.500. The van der Waals surface area contributed by atoms with Crippen LogP contribution in [0.1, 0.15) is 36.5 Å². The van der Waals surface area contributed by atoms with Gasteiger partial charge in [0.1, 0.15) is 0 Å². The molecule has 0 aliphatic rings. The molecular weight excluding hydrogens is 222 g/mol. The van der Waals surface area contributed by atoms with Crippen LogP contribution in [0.2, 0.25) is 0 Å². The molecule has 0 aliphatic carbocycles. The van der Waals surface area contributed by atoms with Crippen LogP contribution in [0.4, 0.5) is 0 Å². The van der Waals surface area contributed by atoms with Gasteiger partial charge in [-0.3, -0.25) is 0 Å². The highest BCUT2D eigenvalue weighted by molar-refractivity contribution is 7.10. The summed E-state index contributed by atoms with van der Waals surface area (Å²) in [6.07, 6.45) is 2.12. The van der Waals surface area contributed by atoms with E-state index in [1.165, 1.54) is 4.88 Å². The first-order chi connectivity index (χ1) is 7.86. The number of hydrogen-bond donors (Lipinski definition) is 1. The van der Waals surface area contributed by atoms with Crippen molar-refractivity contribution in [2.45, 2.75) is 32.4 Å². The molecule has 0 amide bonds. The van der Waals surface area contributed by atoms with E-state index in [2.05, 4.69) is 40.0 Å². The third kappa shape index (κ3) is 2.12. The monoisotopic (exact) mass is 237 g/mol. The standard InChI is InChI=1S/C10H15N5S/c1-2-4-8(9-5-3-6-16-9)15-10(7-11)12-13-14-15/h3,5-6,8H,2,4,7,11H2,1H3. The molecule has 5 nitrogen and oxygen atoms in total. The normalized spacial score (nSPS) is 12.9. The third-order valence-corrected chi connectivity index (χ3v) is 3.45. The molecule has 2 N–H and O–H groups in total. The van der Waals surface area contributed by atoms with E-state index in [1.807, 2.05) is 4.68 Å². The molecule has 0 spiro atoms. The smallest absolute Gasteiger partial charge is 0.165 e. The largest absolute Gasteiger partial charge is 0.324 e. The van der Waals surface area contributed by atoms with Crippen molar-refractivity contribution in [3.63, 3.8) is 0 Å². The lowest BCUT2D eigenvalue weighted by atomic mass is 10.1. The van der Waals surface area contributed by atoms with Crippen LogP contribution in [0.25, 0.3) is 0 Å². The maximum absolute atomic E-state index is 5.62. The van der Waals surface area contributed by atoms with Crippen molar-refractivity contribution in [3.8, 4) is 0 Å². The number of tetrazole rings is 1. The van der Waals surface area contributed by atoms with E-state index in [9.17, 15) is 0 Å². The highest BCUT2D eigenvalue weighted by Gasteiger charge is 2.18. The van der Waals surface area contributed by atoms with Gasteiger partial charge in [-0.2, -0.15) is 0 Å². The number of nitrogens with zero attached hydrogens (tertiary/aromatic N) is 4. The summed E-state index contributed by atoms with van der Waals surface area (Å²) in [6.45, 7) is 2.53. The molecule has 2 heterocycles. The molecule has 0 saturated heterocycles. The Morgan fingerprint density at radius 1 is 1.56 bits per heavy atom. The number of nitrogens with two attached hydrogens (primary N) is 1. The topological polar surface area (TPSA) is 69.6 Å². The lowest BCUT2D eigenvalue weighted by Crippen LogP contribution is -2.16. The van der Waals surface area contributed by atoms with E-state index in [-0.39, 0.29) is 6.04 Å². The molecular formula is C10H15N5S. The summed E-state index contributed by atoms with van der Waals surface area (Å²) in [6, 6.07) is 4.39. The zero-order chi connectivity index (χ0) is 11.4. The molecule has 16 heavy (non-hydrogen) atoms. The summed E-state index contributed by atoms with van der Waals surface area (Å²) in [4.78, 5) is 1.28. The average molecular weight is 237 g/mol. The van der Waals surface area contributed by atoms with Crippen LogP contribution < -0.4 is 5.73 Å². The number of hydrogen-bond acceptors (Lipinski definition) is 5. The minimum absolute atomic E-state index is 0.221. The van der Waals surface area contributed by atoms with Gasteiger partial charge >= 0.3 is 0 Å². The zero-order valence-electron chi connectivity index (χ0n) is 9.21.